The third-order valence-electron chi connectivity index (χ3n) is 7.32. The van der Waals surface area contributed by atoms with E-state index in [2.05, 4.69) is 39.8 Å². The second-order valence-corrected chi connectivity index (χ2v) is 8.95. The van der Waals surface area contributed by atoms with Crippen molar-refractivity contribution in [1.82, 2.24) is 0 Å². The molecule has 134 valence electrons. The van der Waals surface area contributed by atoms with Crippen LogP contribution < -0.4 is 0 Å². The molecule has 0 aliphatic heterocycles. The zero-order valence-electron chi connectivity index (χ0n) is 16.2. The highest BCUT2D eigenvalue weighted by Crippen LogP contribution is 2.62. The number of hydrogen-bond donors (Lipinski definition) is 0. The van der Waals surface area contributed by atoms with Gasteiger partial charge in [0.25, 0.3) is 0 Å². The van der Waals surface area contributed by atoms with Gasteiger partial charge in [0.1, 0.15) is 0 Å². The minimum atomic E-state index is -0.312. The van der Waals surface area contributed by atoms with Crippen LogP contribution in [0.3, 0.4) is 0 Å². The summed E-state index contributed by atoms with van der Waals surface area (Å²) in [4.78, 5) is 12.8. The molecule has 2 heteroatoms. The highest BCUT2D eigenvalue weighted by atomic mass is 16.5. The van der Waals surface area contributed by atoms with Crippen LogP contribution in [-0.2, 0) is 9.53 Å². The van der Waals surface area contributed by atoms with E-state index in [9.17, 15) is 4.79 Å². The van der Waals surface area contributed by atoms with Crippen LogP contribution in [0.4, 0.5) is 0 Å². The SMILES string of the molecule is CCOC(=O)[C@@]1(C)CCC[C@@]2(C)C1CC=C1C=C(C(C)C)CC[C@H]12. The van der Waals surface area contributed by atoms with Crippen molar-refractivity contribution in [3.63, 3.8) is 0 Å². The van der Waals surface area contributed by atoms with Gasteiger partial charge in [-0.1, -0.05) is 44.9 Å². The highest BCUT2D eigenvalue weighted by Gasteiger charge is 2.57. The fraction of sp³-hybridized carbons (Fsp3) is 0.773. The fourth-order valence-electron chi connectivity index (χ4n) is 5.88. The molecule has 1 saturated carbocycles. The number of ether oxygens (including phenoxy) is 1. The molecule has 0 spiro atoms. The van der Waals surface area contributed by atoms with Gasteiger partial charge in [-0.05, 0) is 74.7 Å². The molecule has 0 bridgehead atoms. The lowest BCUT2D eigenvalue weighted by Crippen LogP contribution is -2.53. The van der Waals surface area contributed by atoms with Crippen molar-refractivity contribution in [2.24, 2.45) is 28.6 Å². The Morgan fingerprint density at radius 1 is 1.33 bits per heavy atom. The number of fused-ring (bicyclic) bond motifs is 3. The quantitative estimate of drug-likeness (QED) is 0.622. The molecule has 24 heavy (non-hydrogen) atoms. The molecule has 0 N–H and O–H groups in total. The van der Waals surface area contributed by atoms with E-state index in [1.54, 1.807) is 11.1 Å². The predicted molar refractivity (Wildman–Crippen MR) is 98.5 cm³/mol. The van der Waals surface area contributed by atoms with Crippen molar-refractivity contribution in [3.8, 4) is 0 Å². The summed E-state index contributed by atoms with van der Waals surface area (Å²) in [6.07, 6.45) is 11.8. The second kappa shape index (κ2) is 6.35. The number of carbonyl (C=O) groups is 1. The monoisotopic (exact) mass is 330 g/mol. The Labute approximate surface area is 147 Å². The van der Waals surface area contributed by atoms with Crippen molar-refractivity contribution in [1.29, 1.82) is 0 Å². The molecule has 3 aliphatic carbocycles. The van der Waals surface area contributed by atoms with Gasteiger partial charge in [-0.15, -0.1) is 0 Å². The van der Waals surface area contributed by atoms with E-state index >= 15 is 0 Å². The Kier molecular flexibility index (Phi) is 4.70. The van der Waals surface area contributed by atoms with Crippen LogP contribution in [0.1, 0.15) is 73.1 Å². The van der Waals surface area contributed by atoms with Crippen molar-refractivity contribution >= 4 is 5.97 Å². The number of hydrogen-bond acceptors (Lipinski definition) is 2. The summed E-state index contributed by atoms with van der Waals surface area (Å²) in [5.74, 6) is 1.72. The number of esters is 1. The molecular formula is C22H34O2. The lowest BCUT2D eigenvalue weighted by atomic mass is 9.47. The average molecular weight is 331 g/mol. The van der Waals surface area contributed by atoms with Gasteiger partial charge in [-0.2, -0.15) is 0 Å². The zero-order valence-corrected chi connectivity index (χ0v) is 16.2. The van der Waals surface area contributed by atoms with Crippen molar-refractivity contribution in [2.45, 2.75) is 73.1 Å². The maximum atomic E-state index is 12.8. The molecular weight excluding hydrogens is 296 g/mol. The molecule has 0 aromatic heterocycles. The first-order valence-electron chi connectivity index (χ1n) is 9.90. The van der Waals surface area contributed by atoms with E-state index in [-0.39, 0.29) is 16.8 Å². The van der Waals surface area contributed by atoms with Gasteiger partial charge >= 0.3 is 5.97 Å². The van der Waals surface area contributed by atoms with Crippen molar-refractivity contribution < 1.29 is 9.53 Å². The largest absolute Gasteiger partial charge is 0.466 e. The molecule has 1 unspecified atom stereocenters. The summed E-state index contributed by atoms with van der Waals surface area (Å²) >= 11 is 0. The van der Waals surface area contributed by atoms with E-state index in [1.807, 2.05) is 6.92 Å². The van der Waals surface area contributed by atoms with Gasteiger partial charge in [-0.25, -0.2) is 0 Å². The molecule has 3 aliphatic rings. The second-order valence-electron chi connectivity index (χ2n) is 8.95. The van der Waals surface area contributed by atoms with E-state index in [4.69, 9.17) is 4.74 Å². The Hall–Kier alpha value is -1.05. The molecule has 0 aromatic rings. The summed E-state index contributed by atoms with van der Waals surface area (Å²) in [6.45, 7) is 11.6. The van der Waals surface area contributed by atoms with Crippen LogP contribution in [0.5, 0.6) is 0 Å². The van der Waals surface area contributed by atoms with Crippen LogP contribution in [-0.4, -0.2) is 12.6 Å². The minimum Gasteiger partial charge on any atom is -0.466 e. The minimum absolute atomic E-state index is 0.0343. The van der Waals surface area contributed by atoms with Crippen molar-refractivity contribution in [3.05, 3.63) is 23.3 Å². The van der Waals surface area contributed by atoms with Gasteiger partial charge < -0.3 is 4.74 Å². The van der Waals surface area contributed by atoms with Crippen LogP contribution in [0.15, 0.2) is 23.3 Å². The van der Waals surface area contributed by atoms with Gasteiger partial charge in [0, 0.05) is 0 Å². The Bertz CT molecular complexity index is 571. The van der Waals surface area contributed by atoms with Gasteiger partial charge in [-0.3, -0.25) is 4.79 Å². The molecule has 0 amide bonds. The third-order valence-corrected chi connectivity index (χ3v) is 7.32. The van der Waals surface area contributed by atoms with Crippen LogP contribution in [0.2, 0.25) is 0 Å². The Morgan fingerprint density at radius 3 is 2.75 bits per heavy atom. The molecule has 0 aromatic carbocycles. The molecule has 3 rings (SSSR count). The van der Waals surface area contributed by atoms with E-state index in [1.165, 1.54) is 19.3 Å². The summed E-state index contributed by atoms with van der Waals surface area (Å²) in [5, 5.41) is 0. The predicted octanol–water partition coefficient (Wildman–Crippen LogP) is 5.68. The van der Waals surface area contributed by atoms with E-state index in [0.717, 1.165) is 19.3 Å². The topological polar surface area (TPSA) is 26.3 Å². The van der Waals surface area contributed by atoms with Crippen LogP contribution >= 0.6 is 0 Å². The normalized spacial score (nSPS) is 38.8. The Morgan fingerprint density at radius 2 is 2.08 bits per heavy atom. The fourth-order valence-corrected chi connectivity index (χ4v) is 5.88. The highest BCUT2D eigenvalue weighted by molar-refractivity contribution is 5.77. The van der Waals surface area contributed by atoms with Gasteiger partial charge in [0.2, 0.25) is 0 Å². The summed E-state index contributed by atoms with van der Waals surface area (Å²) in [5.41, 5.74) is 3.08. The molecule has 0 heterocycles. The van der Waals surface area contributed by atoms with E-state index < -0.39 is 0 Å². The van der Waals surface area contributed by atoms with E-state index in [0.29, 0.717) is 24.4 Å². The average Bonchev–Trinajstić information content (AvgIpc) is 2.54. The Balaban J connectivity index is 1.96. The summed E-state index contributed by atoms with van der Waals surface area (Å²) < 4.78 is 5.49. The number of rotatable bonds is 3. The number of allylic oxidation sites excluding steroid dienone is 4. The summed E-state index contributed by atoms with van der Waals surface area (Å²) in [6, 6.07) is 0. The molecule has 2 nitrogen and oxygen atoms in total. The van der Waals surface area contributed by atoms with Crippen molar-refractivity contribution in [2.75, 3.05) is 6.61 Å². The standard InChI is InChI=1S/C22H34O2/c1-6-24-20(23)22(5)13-7-12-21(4)18-10-8-16(15(2)3)14-17(18)9-11-19(21)22/h9,14-15,18-19H,6-8,10-13H2,1-5H3/t18-,19?,21-,22+/m1/s1. The third kappa shape index (κ3) is 2.66. The van der Waals surface area contributed by atoms with Crippen LogP contribution in [0.25, 0.3) is 0 Å². The lowest BCUT2D eigenvalue weighted by Gasteiger charge is -2.57. The molecule has 0 saturated heterocycles. The smallest absolute Gasteiger partial charge is 0.312 e. The molecule has 1 fully saturated rings. The maximum absolute atomic E-state index is 12.8. The lowest BCUT2D eigenvalue weighted by molar-refractivity contribution is -0.168. The molecule has 0 radical (unpaired) electrons. The first-order valence-corrected chi connectivity index (χ1v) is 9.90. The van der Waals surface area contributed by atoms with Gasteiger partial charge in [0.15, 0.2) is 0 Å². The maximum Gasteiger partial charge on any atom is 0.312 e. The zero-order chi connectivity index (χ0) is 17.5. The van der Waals surface area contributed by atoms with Crippen LogP contribution in [0, 0.1) is 28.6 Å². The summed E-state index contributed by atoms with van der Waals surface area (Å²) in [7, 11) is 0. The number of carbonyl (C=O) groups excluding carboxylic acids is 1. The first kappa shape index (κ1) is 17.8. The molecule has 4 atom stereocenters. The first-order chi connectivity index (χ1) is 11.3. The van der Waals surface area contributed by atoms with Gasteiger partial charge in [0.05, 0.1) is 12.0 Å².